The van der Waals surface area contributed by atoms with Crippen molar-refractivity contribution in [2.75, 3.05) is 0 Å². The predicted molar refractivity (Wildman–Crippen MR) is 137 cm³/mol. The van der Waals surface area contributed by atoms with Gasteiger partial charge in [-0.25, -0.2) is 4.98 Å². The summed E-state index contributed by atoms with van der Waals surface area (Å²) in [6.45, 7) is 6.28. The van der Waals surface area contributed by atoms with Gasteiger partial charge in [-0.1, -0.05) is 42.5 Å². The van der Waals surface area contributed by atoms with Crippen molar-refractivity contribution in [3.05, 3.63) is 71.4 Å². The highest BCUT2D eigenvalue weighted by atomic mass is 16.5. The highest BCUT2D eigenvalue weighted by molar-refractivity contribution is 5.86. The van der Waals surface area contributed by atoms with Crippen LogP contribution in [-0.2, 0) is 22.7 Å². The van der Waals surface area contributed by atoms with Crippen molar-refractivity contribution >= 4 is 16.8 Å². The standard InChI is InChI=1S/C29H36N2O4/c1-20-26(19-34-23-15-13-22(14-16-23)30-27(32)17-29(2,3)33)31-25-12-8-7-11-24(25)28(20)35-18-21-9-5-4-6-10-21/h4-12,22-23,33H,13-19H2,1-3H3,(H,30,32)/t22-,23-. The third kappa shape index (κ3) is 7.03. The summed E-state index contributed by atoms with van der Waals surface area (Å²) in [6, 6.07) is 18.4. The molecule has 2 N–H and O–H groups in total. The molecule has 1 fully saturated rings. The molecule has 1 heterocycles. The first-order valence-corrected chi connectivity index (χ1v) is 12.5. The average molecular weight is 477 g/mol. The van der Waals surface area contributed by atoms with Gasteiger partial charge < -0.3 is 19.9 Å². The number of ether oxygens (including phenoxy) is 2. The number of nitrogens with one attached hydrogen (secondary N) is 1. The maximum Gasteiger partial charge on any atom is 0.223 e. The van der Waals surface area contributed by atoms with Gasteiger partial charge in [0.05, 0.1) is 35.9 Å². The minimum Gasteiger partial charge on any atom is -0.488 e. The molecule has 1 aliphatic carbocycles. The Labute approximate surface area is 207 Å². The van der Waals surface area contributed by atoms with E-state index in [1.807, 2.05) is 49.4 Å². The number of para-hydroxylation sites is 1. The van der Waals surface area contributed by atoms with Crippen molar-refractivity contribution in [1.82, 2.24) is 10.3 Å². The monoisotopic (exact) mass is 476 g/mol. The molecular formula is C29H36N2O4. The van der Waals surface area contributed by atoms with Crippen molar-refractivity contribution in [1.29, 1.82) is 0 Å². The molecule has 1 amide bonds. The molecule has 0 radical (unpaired) electrons. The Bertz CT molecular complexity index is 1130. The molecule has 0 aliphatic heterocycles. The Morgan fingerprint density at radius 2 is 1.71 bits per heavy atom. The molecule has 6 heteroatoms. The lowest BCUT2D eigenvalue weighted by Gasteiger charge is -2.30. The lowest BCUT2D eigenvalue weighted by Crippen LogP contribution is -2.41. The van der Waals surface area contributed by atoms with Gasteiger partial charge in [0.15, 0.2) is 0 Å². The highest BCUT2D eigenvalue weighted by Crippen LogP contribution is 2.32. The molecule has 0 unspecified atom stereocenters. The summed E-state index contributed by atoms with van der Waals surface area (Å²) < 4.78 is 12.6. The van der Waals surface area contributed by atoms with E-state index in [2.05, 4.69) is 17.4 Å². The summed E-state index contributed by atoms with van der Waals surface area (Å²) in [5.41, 5.74) is 2.94. The summed E-state index contributed by atoms with van der Waals surface area (Å²) in [6.07, 6.45) is 3.77. The third-order valence-electron chi connectivity index (χ3n) is 6.49. The van der Waals surface area contributed by atoms with Crippen LogP contribution in [-0.4, -0.2) is 33.7 Å². The second kappa shape index (κ2) is 11.2. The van der Waals surface area contributed by atoms with E-state index in [0.717, 1.165) is 59.2 Å². The SMILES string of the molecule is Cc1c(CO[C@H]2CC[C@H](NC(=O)CC(C)(C)O)CC2)nc2ccccc2c1OCc1ccccc1. The number of carbonyl (C=O) groups is 1. The summed E-state index contributed by atoms with van der Waals surface area (Å²) in [7, 11) is 0. The number of hydrogen-bond donors (Lipinski definition) is 2. The molecule has 0 spiro atoms. The fraction of sp³-hybridized carbons (Fsp3) is 0.448. The van der Waals surface area contributed by atoms with Gasteiger partial charge in [-0.05, 0) is 64.2 Å². The van der Waals surface area contributed by atoms with Gasteiger partial charge in [-0.2, -0.15) is 0 Å². The Balaban J connectivity index is 1.37. The lowest BCUT2D eigenvalue weighted by atomic mass is 9.92. The molecular weight excluding hydrogens is 440 g/mol. The van der Waals surface area contributed by atoms with Crippen LogP contribution in [0.5, 0.6) is 5.75 Å². The maximum absolute atomic E-state index is 12.1. The Hall–Kier alpha value is -2.96. The van der Waals surface area contributed by atoms with Gasteiger partial charge in [0.1, 0.15) is 12.4 Å². The van der Waals surface area contributed by atoms with Crippen LogP contribution in [0.4, 0.5) is 0 Å². The number of amides is 1. The van der Waals surface area contributed by atoms with Gasteiger partial charge in [0.25, 0.3) is 0 Å². The van der Waals surface area contributed by atoms with Gasteiger partial charge >= 0.3 is 0 Å². The number of nitrogens with zero attached hydrogens (tertiary/aromatic N) is 1. The number of carbonyl (C=O) groups excluding carboxylic acids is 1. The molecule has 3 aromatic rings. The van der Waals surface area contributed by atoms with Crippen molar-refractivity contribution in [2.24, 2.45) is 0 Å². The third-order valence-corrected chi connectivity index (χ3v) is 6.49. The van der Waals surface area contributed by atoms with Crippen LogP contribution in [0.3, 0.4) is 0 Å². The molecule has 1 saturated carbocycles. The van der Waals surface area contributed by atoms with Crippen molar-refractivity contribution in [3.8, 4) is 5.75 Å². The smallest absolute Gasteiger partial charge is 0.223 e. The van der Waals surface area contributed by atoms with Gasteiger partial charge in [-0.3, -0.25) is 4.79 Å². The molecule has 1 aliphatic rings. The number of aliphatic hydroxyl groups is 1. The lowest BCUT2D eigenvalue weighted by molar-refractivity contribution is -0.126. The fourth-order valence-electron chi connectivity index (χ4n) is 4.62. The second-order valence-corrected chi connectivity index (χ2v) is 10.1. The van der Waals surface area contributed by atoms with Crippen LogP contribution in [0.15, 0.2) is 54.6 Å². The van der Waals surface area contributed by atoms with E-state index in [-0.39, 0.29) is 24.5 Å². The first-order chi connectivity index (χ1) is 16.8. The number of fused-ring (bicyclic) bond motifs is 1. The Morgan fingerprint density at radius 1 is 1.03 bits per heavy atom. The van der Waals surface area contributed by atoms with Crippen LogP contribution < -0.4 is 10.1 Å². The highest BCUT2D eigenvalue weighted by Gasteiger charge is 2.25. The largest absolute Gasteiger partial charge is 0.488 e. The van der Waals surface area contributed by atoms with Crippen molar-refractivity contribution in [3.63, 3.8) is 0 Å². The van der Waals surface area contributed by atoms with E-state index in [9.17, 15) is 9.90 Å². The van der Waals surface area contributed by atoms with E-state index in [4.69, 9.17) is 14.5 Å². The Morgan fingerprint density at radius 3 is 2.43 bits per heavy atom. The maximum atomic E-state index is 12.1. The fourth-order valence-corrected chi connectivity index (χ4v) is 4.62. The molecule has 0 atom stereocenters. The first-order valence-electron chi connectivity index (χ1n) is 12.5. The van der Waals surface area contributed by atoms with E-state index < -0.39 is 5.60 Å². The quantitative estimate of drug-likeness (QED) is 0.442. The number of benzene rings is 2. The molecule has 35 heavy (non-hydrogen) atoms. The van der Waals surface area contributed by atoms with Crippen LogP contribution in [0.25, 0.3) is 10.9 Å². The molecule has 0 bridgehead atoms. The predicted octanol–water partition coefficient (Wildman–Crippen LogP) is 5.23. The van der Waals surface area contributed by atoms with E-state index in [0.29, 0.717) is 13.2 Å². The van der Waals surface area contributed by atoms with Gasteiger partial charge in [0, 0.05) is 17.0 Å². The van der Waals surface area contributed by atoms with E-state index in [1.165, 1.54) is 0 Å². The zero-order chi connectivity index (χ0) is 24.8. The average Bonchev–Trinajstić information content (AvgIpc) is 2.82. The summed E-state index contributed by atoms with van der Waals surface area (Å²) in [5.74, 6) is 0.761. The van der Waals surface area contributed by atoms with E-state index >= 15 is 0 Å². The van der Waals surface area contributed by atoms with Gasteiger partial charge in [-0.15, -0.1) is 0 Å². The summed E-state index contributed by atoms with van der Waals surface area (Å²) >= 11 is 0. The number of rotatable bonds is 9. The van der Waals surface area contributed by atoms with Crippen LogP contribution in [0.1, 0.15) is 62.8 Å². The molecule has 186 valence electrons. The first kappa shape index (κ1) is 25.1. The van der Waals surface area contributed by atoms with Crippen molar-refractivity contribution < 1.29 is 19.4 Å². The molecule has 1 aromatic heterocycles. The van der Waals surface area contributed by atoms with Crippen LogP contribution in [0, 0.1) is 6.92 Å². The normalized spacial score (nSPS) is 18.4. The minimum absolute atomic E-state index is 0.0964. The second-order valence-electron chi connectivity index (χ2n) is 10.1. The molecule has 2 aromatic carbocycles. The topological polar surface area (TPSA) is 80.7 Å². The van der Waals surface area contributed by atoms with Crippen LogP contribution >= 0.6 is 0 Å². The zero-order valence-corrected chi connectivity index (χ0v) is 20.9. The molecule has 4 rings (SSSR count). The Kier molecular flexibility index (Phi) is 8.04. The molecule has 6 nitrogen and oxygen atoms in total. The van der Waals surface area contributed by atoms with Crippen molar-refractivity contribution in [2.45, 2.75) is 83.8 Å². The van der Waals surface area contributed by atoms with Crippen LogP contribution in [0.2, 0.25) is 0 Å². The molecule has 0 saturated heterocycles. The van der Waals surface area contributed by atoms with Gasteiger partial charge in [0.2, 0.25) is 5.91 Å². The number of pyridine rings is 1. The van der Waals surface area contributed by atoms with E-state index in [1.54, 1.807) is 13.8 Å². The minimum atomic E-state index is -0.987. The summed E-state index contributed by atoms with van der Waals surface area (Å²) in [4.78, 5) is 17.0. The number of aromatic nitrogens is 1. The zero-order valence-electron chi connectivity index (χ0n) is 20.9. The summed E-state index contributed by atoms with van der Waals surface area (Å²) in [5, 5.41) is 13.9. The number of hydrogen-bond acceptors (Lipinski definition) is 5.